The van der Waals surface area contributed by atoms with E-state index in [2.05, 4.69) is 20.8 Å². The summed E-state index contributed by atoms with van der Waals surface area (Å²) in [7, 11) is 0. The zero-order chi connectivity index (χ0) is 15.6. The van der Waals surface area contributed by atoms with Crippen LogP contribution in [0.1, 0.15) is 17.4 Å². The van der Waals surface area contributed by atoms with Gasteiger partial charge in [-0.3, -0.25) is 25.2 Å². The minimum atomic E-state index is -0.378. The molecule has 2 aromatic rings. The quantitative estimate of drug-likeness (QED) is 0.441. The minimum Gasteiger partial charge on any atom is -0.301 e. The summed E-state index contributed by atoms with van der Waals surface area (Å²) < 4.78 is 0. The molecule has 0 saturated heterocycles. The van der Waals surface area contributed by atoms with Crippen LogP contribution < -0.4 is 16.4 Å². The Labute approximate surface area is 128 Å². The first-order valence-electron chi connectivity index (χ1n) is 6.06. The van der Waals surface area contributed by atoms with E-state index in [9.17, 15) is 14.4 Å². The van der Waals surface area contributed by atoms with Gasteiger partial charge < -0.3 is 4.98 Å². The molecule has 0 aliphatic rings. The van der Waals surface area contributed by atoms with Crippen molar-refractivity contribution >= 4 is 45.1 Å². The molecule has 2 rings (SSSR count). The largest absolute Gasteiger partial charge is 0.301 e. The molecular weight excluding hydrogens is 312 g/mol. The average molecular weight is 326 g/mol. The first-order chi connectivity index (χ1) is 9.88. The summed E-state index contributed by atoms with van der Waals surface area (Å²) in [5.74, 6) is -0.694. The number of aromatic amines is 1. The third-order valence-corrected chi connectivity index (χ3v) is 4.71. The number of fused-ring (bicyclic) bond motifs is 1. The molecule has 0 radical (unpaired) electrons. The first-order valence-corrected chi connectivity index (χ1v) is 7.87. The van der Waals surface area contributed by atoms with Crippen LogP contribution in [0.15, 0.2) is 9.95 Å². The van der Waals surface area contributed by atoms with Gasteiger partial charge in [0.05, 0.1) is 11.1 Å². The molecule has 0 saturated carbocycles. The summed E-state index contributed by atoms with van der Waals surface area (Å²) in [6.07, 6.45) is 0. The smallest absolute Gasteiger partial charge is 0.260 e. The minimum absolute atomic E-state index is 0.0397. The highest BCUT2D eigenvalue weighted by molar-refractivity contribution is 7.99. The van der Waals surface area contributed by atoms with Crippen molar-refractivity contribution in [3.8, 4) is 0 Å². The van der Waals surface area contributed by atoms with Gasteiger partial charge in [-0.25, -0.2) is 4.98 Å². The summed E-state index contributed by atoms with van der Waals surface area (Å²) >= 11 is 2.55. The molecule has 21 heavy (non-hydrogen) atoms. The number of thioether (sulfide) groups is 1. The second kappa shape index (κ2) is 6.27. The van der Waals surface area contributed by atoms with E-state index in [4.69, 9.17) is 0 Å². The maximum atomic E-state index is 12.0. The number of aromatic nitrogens is 2. The van der Waals surface area contributed by atoms with Gasteiger partial charge in [0.1, 0.15) is 4.83 Å². The Balaban J connectivity index is 2.11. The van der Waals surface area contributed by atoms with Crippen molar-refractivity contribution in [2.75, 3.05) is 5.75 Å². The van der Waals surface area contributed by atoms with Crippen LogP contribution in [0.3, 0.4) is 0 Å². The molecule has 0 atom stereocenters. The summed E-state index contributed by atoms with van der Waals surface area (Å²) in [6, 6.07) is 0. The standard InChI is InChI=1S/C12H14N4O3S2/c1-5-6(2)21-11-9(5)10(19)13-12(14-11)20-4-8(18)16-15-7(3)17/h4H2,1-3H3,(H,15,17)(H,16,18)(H,13,14,19). The third-order valence-electron chi connectivity index (χ3n) is 2.74. The molecule has 2 aromatic heterocycles. The molecule has 0 aliphatic carbocycles. The predicted octanol–water partition coefficient (Wildman–Crippen LogP) is 0.861. The normalized spacial score (nSPS) is 10.6. The van der Waals surface area contributed by atoms with Crippen molar-refractivity contribution in [1.82, 2.24) is 20.8 Å². The third kappa shape index (κ3) is 3.61. The van der Waals surface area contributed by atoms with E-state index in [-0.39, 0.29) is 23.1 Å². The highest BCUT2D eigenvalue weighted by Crippen LogP contribution is 2.27. The Kier molecular flexibility index (Phi) is 4.63. The van der Waals surface area contributed by atoms with Crippen LogP contribution in [0.4, 0.5) is 0 Å². The molecule has 7 nitrogen and oxygen atoms in total. The van der Waals surface area contributed by atoms with Gasteiger partial charge in [-0.2, -0.15) is 0 Å². The van der Waals surface area contributed by atoms with Crippen LogP contribution in [0.2, 0.25) is 0 Å². The number of H-pyrrole nitrogens is 1. The Hall–Kier alpha value is -1.87. The van der Waals surface area contributed by atoms with E-state index in [1.807, 2.05) is 13.8 Å². The fraction of sp³-hybridized carbons (Fsp3) is 0.333. The van der Waals surface area contributed by atoms with Gasteiger partial charge in [0.2, 0.25) is 11.8 Å². The number of nitrogens with zero attached hydrogens (tertiary/aromatic N) is 1. The fourth-order valence-electron chi connectivity index (χ4n) is 1.63. The van der Waals surface area contributed by atoms with E-state index in [0.29, 0.717) is 15.4 Å². The molecule has 9 heteroatoms. The van der Waals surface area contributed by atoms with E-state index in [1.165, 1.54) is 18.3 Å². The Bertz CT molecular complexity index is 766. The van der Waals surface area contributed by atoms with Crippen molar-refractivity contribution in [1.29, 1.82) is 0 Å². The number of carbonyl (C=O) groups is 2. The Morgan fingerprint density at radius 3 is 2.71 bits per heavy atom. The molecule has 112 valence electrons. The lowest BCUT2D eigenvalue weighted by molar-refractivity contribution is -0.126. The molecule has 0 aromatic carbocycles. The Morgan fingerprint density at radius 1 is 1.33 bits per heavy atom. The van der Waals surface area contributed by atoms with Crippen LogP contribution in [0.5, 0.6) is 0 Å². The van der Waals surface area contributed by atoms with Crippen LogP contribution >= 0.6 is 23.1 Å². The molecule has 3 N–H and O–H groups in total. The number of carbonyl (C=O) groups excluding carboxylic acids is 2. The summed E-state index contributed by atoms with van der Waals surface area (Å²) in [4.78, 5) is 42.9. The van der Waals surface area contributed by atoms with Crippen LogP contribution in [-0.2, 0) is 9.59 Å². The van der Waals surface area contributed by atoms with Gasteiger partial charge in [0.25, 0.3) is 5.56 Å². The van der Waals surface area contributed by atoms with Gasteiger partial charge >= 0.3 is 0 Å². The van der Waals surface area contributed by atoms with E-state index in [0.717, 1.165) is 22.2 Å². The van der Waals surface area contributed by atoms with Crippen LogP contribution in [0.25, 0.3) is 10.2 Å². The first kappa shape index (κ1) is 15.5. The van der Waals surface area contributed by atoms with Crippen molar-refractivity contribution in [2.45, 2.75) is 25.9 Å². The van der Waals surface area contributed by atoms with E-state index in [1.54, 1.807) is 0 Å². The number of hydrogen-bond donors (Lipinski definition) is 3. The monoisotopic (exact) mass is 326 g/mol. The molecule has 0 unspecified atom stereocenters. The van der Waals surface area contributed by atoms with Crippen molar-refractivity contribution in [3.63, 3.8) is 0 Å². The van der Waals surface area contributed by atoms with Crippen LogP contribution in [-0.4, -0.2) is 27.5 Å². The van der Waals surface area contributed by atoms with E-state index >= 15 is 0 Å². The lowest BCUT2D eigenvalue weighted by Crippen LogP contribution is -2.41. The number of hydrazine groups is 1. The zero-order valence-electron chi connectivity index (χ0n) is 11.7. The molecule has 0 aliphatic heterocycles. The van der Waals surface area contributed by atoms with Crippen molar-refractivity contribution < 1.29 is 9.59 Å². The SMILES string of the molecule is CC(=O)NNC(=O)CSc1nc2sc(C)c(C)c2c(=O)[nH]1. The summed E-state index contributed by atoms with van der Waals surface area (Å²) in [5, 5.41) is 0.983. The average Bonchev–Trinajstić information content (AvgIpc) is 2.69. The molecule has 0 bridgehead atoms. The predicted molar refractivity (Wildman–Crippen MR) is 82.4 cm³/mol. The Morgan fingerprint density at radius 2 is 2.05 bits per heavy atom. The van der Waals surface area contributed by atoms with Gasteiger partial charge in [-0.1, -0.05) is 11.8 Å². The summed E-state index contributed by atoms with van der Waals surface area (Å²) in [5.41, 5.74) is 5.16. The van der Waals surface area contributed by atoms with E-state index < -0.39 is 0 Å². The molecule has 2 amide bonds. The summed E-state index contributed by atoms with van der Waals surface area (Å²) in [6.45, 7) is 5.12. The maximum Gasteiger partial charge on any atom is 0.260 e. The lowest BCUT2D eigenvalue weighted by Gasteiger charge is -2.04. The number of aryl methyl sites for hydroxylation is 2. The van der Waals surface area contributed by atoms with Crippen molar-refractivity contribution in [2.24, 2.45) is 0 Å². The second-order valence-corrected chi connectivity index (χ2v) is 6.52. The molecular formula is C12H14N4O3S2. The highest BCUT2D eigenvalue weighted by Gasteiger charge is 2.12. The molecule has 0 spiro atoms. The van der Waals surface area contributed by atoms with Gasteiger partial charge in [-0.05, 0) is 19.4 Å². The number of hydrogen-bond acceptors (Lipinski definition) is 6. The zero-order valence-corrected chi connectivity index (χ0v) is 13.3. The van der Waals surface area contributed by atoms with Gasteiger partial charge in [0, 0.05) is 11.8 Å². The second-order valence-electron chi connectivity index (χ2n) is 4.35. The number of thiophene rings is 1. The highest BCUT2D eigenvalue weighted by atomic mass is 32.2. The van der Waals surface area contributed by atoms with Crippen LogP contribution in [0, 0.1) is 13.8 Å². The number of rotatable bonds is 3. The van der Waals surface area contributed by atoms with Crippen molar-refractivity contribution in [3.05, 3.63) is 20.8 Å². The van der Waals surface area contributed by atoms with Gasteiger partial charge in [-0.15, -0.1) is 11.3 Å². The lowest BCUT2D eigenvalue weighted by atomic mass is 10.2. The topological polar surface area (TPSA) is 104 Å². The molecule has 2 heterocycles. The fourth-order valence-corrected chi connectivity index (χ4v) is 3.38. The molecule has 0 fully saturated rings. The number of amides is 2. The maximum absolute atomic E-state index is 12.0. The number of nitrogens with one attached hydrogen (secondary N) is 3. The van der Waals surface area contributed by atoms with Gasteiger partial charge in [0.15, 0.2) is 5.16 Å².